The second-order valence-electron chi connectivity index (χ2n) is 3.24. The Morgan fingerprint density at radius 3 is 2.25 bits per heavy atom. The van der Waals surface area contributed by atoms with E-state index in [1.165, 1.54) is 0 Å². The monoisotopic (exact) mass is 251 g/mol. The topological polar surface area (TPSA) is 40.1 Å². The van der Waals surface area contributed by atoms with Gasteiger partial charge in [0.2, 0.25) is 0 Å². The van der Waals surface area contributed by atoms with E-state index in [0.29, 0.717) is 15.5 Å². The van der Waals surface area contributed by atoms with Crippen molar-refractivity contribution < 1.29 is 8.76 Å². The van der Waals surface area contributed by atoms with Gasteiger partial charge in [0, 0.05) is 9.92 Å². The number of hydrogen-bond donors (Lipinski definition) is 0. The number of halogens is 1. The molecule has 0 saturated carbocycles. The highest BCUT2D eigenvalue weighted by atomic mass is 35.5. The van der Waals surface area contributed by atoms with Gasteiger partial charge in [-0.3, -0.25) is 4.21 Å². The van der Waals surface area contributed by atoms with Gasteiger partial charge in [-0.1, -0.05) is 41.9 Å². The lowest BCUT2D eigenvalue weighted by Gasteiger charge is -2.11. The Labute approximate surface area is 101 Å². The third kappa shape index (κ3) is 2.32. The van der Waals surface area contributed by atoms with Crippen molar-refractivity contribution in [3.8, 4) is 11.1 Å². The Morgan fingerprint density at radius 1 is 1.00 bits per heavy atom. The fourth-order valence-electron chi connectivity index (χ4n) is 1.48. The summed E-state index contributed by atoms with van der Waals surface area (Å²) < 4.78 is 22.1. The van der Waals surface area contributed by atoms with Crippen molar-refractivity contribution in [2.24, 2.45) is 0 Å². The molecule has 2 aromatic rings. The van der Waals surface area contributed by atoms with E-state index in [4.69, 9.17) is 11.6 Å². The number of benzene rings is 2. The molecule has 2 aromatic carbocycles. The summed E-state index contributed by atoms with van der Waals surface area (Å²) in [5.41, 5.74) is 1.52. The van der Waals surface area contributed by atoms with E-state index in [-0.39, 0.29) is 0 Å². The molecule has 0 radical (unpaired) electrons. The lowest BCUT2D eigenvalue weighted by atomic mass is 10.1. The third-order valence-corrected chi connectivity index (χ3v) is 3.19. The van der Waals surface area contributed by atoms with Crippen LogP contribution in [0.4, 0.5) is 0 Å². The van der Waals surface area contributed by atoms with Crippen LogP contribution in [0.15, 0.2) is 53.4 Å². The first-order valence-electron chi connectivity index (χ1n) is 4.63. The summed E-state index contributed by atoms with van der Waals surface area (Å²) in [6, 6.07) is 13.9. The Morgan fingerprint density at radius 2 is 1.62 bits per heavy atom. The van der Waals surface area contributed by atoms with Crippen LogP contribution in [0.2, 0.25) is 5.02 Å². The van der Waals surface area contributed by atoms with Crippen LogP contribution in [-0.2, 0) is 11.1 Å². The van der Waals surface area contributed by atoms with E-state index in [0.717, 1.165) is 5.56 Å². The molecule has 16 heavy (non-hydrogen) atoms. The summed E-state index contributed by atoms with van der Waals surface area (Å²) >= 11 is 3.55. The summed E-state index contributed by atoms with van der Waals surface area (Å²) in [7, 11) is 0. The Bertz CT molecular complexity index is 523. The largest absolute Gasteiger partial charge is 0.768 e. The van der Waals surface area contributed by atoms with Gasteiger partial charge in [0.1, 0.15) is 0 Å². The van der Waals surface area contributed by atoms with Gasteiger partial charge in [0.25, 0.3) is 0 Å². The van der Waals surface area contributed by atoms with Crippen LogP contribution in [0.1, 0.15) is 0 Å². The molecule has 4 heteroatoms. The summed E-state index contributed by atoms with van der Waals surface area (Å²) in [4.78, 5) is 0.296. The van der Waals surface area contributed by atoms with Crippen molar-refractivity contribution in [1.29, 1.82) is 0 Å². The standard InChI is InChI=1S/C12H9ClO2S/c13-10-7-5-9(6-8-10)11-3-1-2-4-12(11)16(14)15/h1-8H,(H,14,15)/p-1. The zero-order valence-corrected chi connectivity index (χ0v) is 9.79. The second-order valence-corrected chi connectivity index (χ2v) is 4.58. The maximum Gasteiger partial charge on any atom is 0.0406 e. The average Bonchev–Trinajstić information content (AvgIpc) is 2.30. The minimum absolute atomic E-state index is 0.296. The van der Waals surface area contributed by atoms with Crippen molar-refractivity contribution in [1.82, 2.24) is 0 Å². The summed E-state index contributed by atoms with van der Waals surface area (Å²) in [6.07, 6.45) is 0. The molecule has 0 fully saturated rings. The van der Waals surface area contributed by atoms with Gasteiger partial charge in [0.15, 0.2) is 0 Å². The first-order chi connectivity index (χ1) is 7.68. The van der Waals surface area contributed by atoms with Gasteiger partial charge in [-0.25, -0.2) is 0 Å². The predicted octanol–water partition coefficient (Wildman–Crippen LogP) is 3.25. The summed E-state index contributed by atoms with van der Waals surface area (Å²) in [6.45, 7) is 0. The molecule has 2 nitrogen and oxygen atoms in total. The van der Waals surface area contributed by atoms with Crippen LogP contribution in [0.5, 0.6) is 0 Å². The molecule has 0 N–H and O–H groups in total. The molecule has 2 rings (SSSR count). The lowest BCUT2D eigenvalue weighted by molar-refractivity contribution is 0.537. The molecular weight excluding hydrogens is 244 g/mol. The molecular formula is C12H8ClO2S-. The molecule has 0 heterocycles. The molecule has 82 valence electrons. The van der Waals surface area contributed by atoms with Crippen LogP contribution >= 0.6 is 11.6 Å². The van der Waals surface area contributed by atoms with Crippen molar-refractivity contribution in [3.63, 3.8) is 0 Å². The zero-order valence-electron chi connectivity index (χ0n) is 8.22. The Hall–Kier alpha value is -1.16. The van der Waals surface area contributed by atoms with Crippen LogP contribution in [0.3, 0.4) is 0 Å². The highest BCUT2D eigenvalue weighted by Gasteiger charge is 2.04. The van der Waals surface area contributed by atoms with Gasteiger partial charge < -0.3 is 4.55 Å². The van der Waals surface area contributed by atoms with Crippen molar-refractivity contribution in [2.45, 2.75) is 4.90 Å². The SMILES string of the molecule is O=S([O-])c1ccccc1-c1ccc(Cl)cc1. The molecule has 0 bridgehead atoms. The first kappa shape index (κ1) is 11.3. The third-order valence-electron chi connectivity index (χ3n) is 2.22. The van der Waals surface area contributed by atoms with E-state index in [9.17, 15) is 8.76 Å². The van der Waals surface area contributed by atoms with Gasteiger partial charge >= 0.3 is 0 Å². The molecule has 1 unspecified atom stereocenters. The number of hydrogen-bond acceptors (Lipinski definition) is 2. The Kier molecular flexibility index (Phi) is 3.39. The van der Waals surface area contributed by atoms with Crippen LogP contribution in [-0.4, -0.2) is 8.76 Å². The van der Waals surface area contributed by atoms with Crippen molar-refractivity contribution in [2.75, 3.05) is 0 Å². The molecule has 0 aliphatic carbocycles. The molecule has 0 spiro atoms. The minimum Gasteiger partial charge on any atom is -0.768 e. The van der Waals surface area contributed by atoms with Crippen LogP contribution in [0.25, 0.3) is 11.1 Å². The van der Waals surface area contributed by atoms with Gasteiger partial charge in [-0.05, 0) is 40.4 Å². The molecule has 0 aliphatic heterocycles. The lowest BCUT2D eigenvalue weighted by Crippen LogP contribution is -1.92. The smallest absolute Gasteiger partial charge is 0.0406 e. The van der Waals surface area contributed by atoms with E-state index in [1.807, 2.05) is 0 Å². The van der Waals surface area contributed by atoms with E-state index < -0.39 is 11.1 Å². The second kappa shape index (κ2) is 4.78. The fourth-order valence-corrected chi connectivity index (χ4v) is 2.16. The Balaban J connectivity index is 2.55. The van der Waals surface area contributed by atoms with Gasteiger partial charge in [0.05, 0.1) is 0 Å². The van der Waals surface area contributed by atoms with Gasteiger partial charge in [-0.15, -0.1) is 0 Å². The summed E-state index contributed by atoms with van der Waals surface area (Å²) in [5.74, 6) is 0. The molecule has 1 atom stereocenters. The normalized spacial score (nSPS) is 12.4. The maximum absolute atomic E-state index is 11.0. The molecule has 0 saturated heterocycles. The quantitative estimate of drug-likeness (QED) is 0.769. The molecule has 0 aromatic heterocycles. The number of rotatable bonds is 2. The maximum atomic E-state index is 11.0. The highest BCUT2D eigenvalue weighted by Crippen LogP contribution is 2.26. The van der Waals surface area contributed by atoms with Crippen molar-refractivity contribution in [3.05, 3.63) is 53.6 Å². The average molecular weight is 252 g/mol. The fraction of sp³-hybridized carbons (Fsp3) is 0. The summed E-state index contributed by atoms with van der Waals surface area (Å²) in [5, 5.41) is 0.629. The predicted molar refractivity (Wildman–Crippen MR) is 64.1 cm³/mol. The van der Waals surface area contributed by atoms with Crippen LogP contribution < -0.4 is 0 Å². The van der Waals surface area contributed by atoms with E-state index in [1.54, 1.807) is 48.5 Å². The van der Waals surface area contributed by atoms with Crippen molar-refractivity contribution >= 4 is 22.7 Å². The van der Waals surface area contributed by atoms with E-state index >= 15 is 0 Å². The first-order valence-corrected chi connectivity index (χ1v) is 6.08. The zero-order chi connectivity index (χ0) is 11.5. The minimum atomic E-state index is -2.23. The van der Waals surface area contributed by atoms with E-state index in [2.05, 4.69) is 0 Å². The van der Waals surface area contributed by atoms with Gasteiger partial charge in [-0.2, -0.15) is 0 Å². The van der Waals surface area contributed by atoms with Crippen LogP contribution in [0, 0.1) is 0 Å². The molecule has 0 amide bonds. The highest BCUT2D eigenvalue weighted by molar-refractivity contribution is 7.79. The molecule has 0 aliphatic rings.